The van der Waals surface area contributed by atoms with Crippen LogP contribution in [0.1, 0.15) is 40.5 Å². The van der Waals surface area contributed by atoms with Crippen molar-refractivity contribution in [2.24, 2.45) is 5.92 Å². The number of nitrogens with zero attached hydrogens (tertiary/aromatic N) is 4. The van der Waals surface area contributed by atoms with Crippen molar-refractivity contribution in [3.63, 3.8) is 0 Å². The lowest BCUT2D eigenvalue weighted by molar-refractivity contribution is 0.0951. The summed E-state index contributed by atoms with van der Waals surface area (Å²) in [5, 5.41) is 4.16. The molecule has 0 bridgehead atoms. The van der Waals surface area contributed by atoms with Gasteiger partial charge in [0.25, 0.3) is 5.91 Å². The van der Waals surface area contributed by atoms with Crippen molar-refractivity contribution < 1.29 is 4.79 Å². The second kappa shape index (κ2) is 8.87. The van der Waals surface area contributed by atoms with Crippen LogP contribution in [-0.4, -0.2) is 54.0 Å². The number of aromatic nitrogens is 2. The van der Waals surface area contributed by atoms with E-state index in [2.05, 4.69) is 40.1 Å². The summed E-state index contributed by atoms with van der Waals surface area (Å²) in [5.74, 6) is 1.54. The van der Waals surface area contributed by atoms with Crippen molar-refractivity contribution in [2.45, 2.75) is 32.7 Å². The van der Waals surface area contributed by atoms with E-state index in [0.29, 0.717) is 12.5 Å². The summed E-state index contributed by atoms with van der Waals surface area (Å²) >= 11 is 0. The molecular formula is C26H31N5O. The first-order valence-electron chi connectivity index (χ1n) is 11.7. The smallest absolute Gasteiger partial charge is 0.252 e. The molecule has 1 saturated heterocycles. The summed E-state index contributed by atoms with van der Waals surface area (Å²) in [4.78, 5) is 27.8. The average Bonchev–Trinajstić information content (AvgIpc) is 2.82. The molecule has 1 atom stereocenters. The standard InChI is InChI=1S/C26H31N5O/c1-18-9-10-23-21(16-18)24(20-7-3-4-8-22(20)29-23)26(32)28-17-19-6-5-11-27-25(19)31-14-12-30(2)13-15-31/h3-8,11,18H,9-10,12-17H2,1-2H3,(H,28,32)/t18-/m1/s1. The van der Waals surface area contributed by atoms with E-state index in [0.717, 1.165) is 84.5 Å². The summed E-state index contributed by atoms with van der Waals surface area (Å²) in [6, 6.07) is 12.0. The van der Waals surface area contributed by atoms with Gasteiger partial charge in [-0.05, 0) is 49.9 Å². The number of rotatable bonds is 4. The van der Waals surface area contributed by atoms with Crippen LogP contribution in [0.5, 0.6) is 0 Å². The first-order chi connectivity index (χ1) is 15.6. The summed E-state index contributed by atoms with van der Waals surface area (Å²) in [6.07, 6.45) is 4.82. The number of hydrogen-bond acceptors (Lipinski definition) is 5. The quantitative estimate of drug-likeness (QED) is 0.689. The van der Waals surface area contributed by atoms with Gasteiger partial charge in [0.05, 0.1) is 11.1 Å². The van der Waals surface area contributed by atoms with E-state index in [1.54, 1.807) is 0 Å². The third kappa shape index (κ3) is 4.07. The molecule has 2 aliphatic rings. The van der Waals surface area contributed by atoms with Gasteiger partial charge < -0.3 is 15.1 Å². The van der Waals surface area contributed by atoms with Gasteiger partial charge in [0, 0.05) is 55.6 Å². The Kier molecular flexibility index (Phi) is 5.79. The van der Waals surface area contributed by atoms with E-state index in [9.17, 15) is 4.79 Å². The summed E-state index contributed by atoms with van der Waals surface area (Å²) in [6.45, 7) is 6.68. The van der Waals surface area contributed by atoms with Crippen LogP contribution < -0.4 is 10.2 Å². The average molecular weight is 430 g/mol. The number of amides is 1. The van der Waals surface area contributed by atoms with E-state index >= 15 is 0 Å². The van der Waals surface area contributed by atoms with Crippen molar-refractivity contribution in [1.82, 2.24) is 20.2 Å². The molecule has 1 aromatic carbocycles. The van der Waals surface area contributed by atoms with Crippen molar-refractivity contribution in [1.29, 1.82) is 0 Å². The van der Waals surface area contributed by atoms with Gasteiger partial charge >= 0.3 is 0 Å². The van der Waals surface area contributed by atoms with Gasteiger partial charge in [0.15, 0.2) is 0 Å². The Balaban J connectivity index is 1.43. The van der Waals surface area contributed by atoms with E-state index < -0.39 is 0 Å². The minimum absolute atomic E-state index is 0.0119. The second-order valence-electron chi connectivity index (χ2n) is 9.24. The maximum absolute atomic E-state index is 13.6. The molecule has 0 radical (unpaired) electrons. The molecule has 3 aromatic rings. The minimum Gasteiger partial charge on any atom is -0.354 e. The third-order valence-electron chi connectivity index (χ3n) is 6.84. The molecule has 1 N–H and O–H groups in total. The van der Waals surface area contributed by atoms with Crippen molar-refractivity contribution in [2.75, 3.05) is 38.1 Å². The van der Waals surface area contributed by atoms with Crippen molar-refractivity contribution in [3.8, 4) is 0 Å². The van der Waals surface area contributed by atoms with Gasteiger partial charge in [0.2, 0.25) is 0 Å². The molecule has 1 fully saturated rings. The molecule has 0 spiro atoms. The van der Waals surface area contributed by atoms with E-state index in [-0.39, 0.29) is 5.91 Å². The number of carbonyl (C=O) groups is 1. The fourth-order valence-corrected chi connectivity index (χ4v) is 4.96. The largest absolute Gasteiger partial charge is 0.354 e. The lowest BCUT2D eigenvalue weighted by Gasteiger charge is -2.34. The maximum Gasteiger partial charge on any atom is 0.252 e. The Morgan fingerprint density at radius 1 is 1.12 bits per heavy atom. The molecule has 0 saturated carbocycles. The van der Waals surface area contributed by atoms with E-state index in [4.69, 9.17) is 4.98 Å². The van der Waals surface area contributed by atoms with Crippen LogP contribution in [0.15, 0.2) is 42.6 Å². The van der Waals surface area contributed by atoms with Crippen LogP contribution in [0, 0.1) is 5.92 Å². The fraction of sp³-hybridized carbons (Fsp3) is 0.423. The Hall–Kier alpha value is -2.99. The van der Waals surface area contributed by atoms with Crippen molar-refractivity contribution in [3.05, 3.63) is 65.0 Å². The van der Waals surface area contributed by atoms with Gasteiger partial charge in [-0.25, -0.2) is 4.98 Å². The molecular weight excluding hydrogens is 398 g/mol. The zero-order valence-corrected chi connectivity index (χ0v) is 19.0. The Bertz CT molecular complexity index is 1140. The van der Waals surface area contributed by atoms with Gasteiger partial charge in [-0.15, -0.1) is 0 Å². The first kappa shape index (κ1) is 20.9. The molecule has 5 rings (SSSR count). The zero-order valence-electron chi connectivity index (χ0n) is 19.0. The number of piperazine rings is 1. The van der Waals surface area contributed by atoms with Gasteiger partial charge in [-0.1, -0.05) is 31.2 Å². The summed E-state index contributed by atoms with van der Waals surface area (Å²) in [7, 11) is 2.15. The minimum atomic E-state index is -0.0119. The number of aryl methyl sites for hydroxylation is 1. The van der Waals surface area contributed by atoms with Crippen molar-refractivity contribution >= 4 is 22.6 Å². The molecule has 6 nitrogen and oxygen atoms in total. The van der Waals surface area contributed by atoms with Crippen LogP contribution >= 0.6 is 0 Å². The van der Waals surface area contributed by atoms with E-state index in [1.165, 1.54) is 0 Å². The van der Waals surface area contributed by atoms with Gasteiger partial charge in [-0.2, -0.15) is 0 Å². The monoisotopic (exact) mass is 429 g/mol. The molecule has 1 amide bonds. The topological polar surface area (TPSA) is 61.4 Å². The molecule has 2 aromatic heterocycles. The number of anilines is 1. The highest BCUT2D eigenvalue weighted by Crippen LogP contribution is 2.31. The van der Waals surface area contributed by atoms with Crippen LogP contribution in [0.25, 0.3) is 10.9 Å². The molecule has 32 heavy (non-hydrogen) atoms. The number of para-hydroxylation sites is 1. The van der Waals surface area contributed by atoms with Gasteiger partial charge in [-0.3, -0.25) is 9.78 Å². The normalized spacial score (nSPS) is 19.1. The molecule has 1 aliphatic carbocycles. The molecule has 1 aliphatic heterocycles. The Morgan fingerprint density at radius 3 is 2.78 bits per heavy atom. The van der Waals surface area contributed by atoms with Crippen LogP contribution in [0.4, 0.5) is 5.82 Å². The maximum atomic E-state index is 13.6. The molecule has 0 unspecified atom stereocenters. The SMILES string of the molecule is C[C@@H]1CCc2nc3ccccc3c(C(=O)NCc3cccnc3N3CCN(C)CC3)c2C1. The molecule has 3 heterocycles. The predicted octanol–water partition coefficient (Wildman–Crippen LogP) is 3.44. The first-order valence-corrected chi connectivity index (χ1v) is 11.7. The van der Waals surface area contributed by atoms with Gasteiger partial charge in [0.1, 0.15) is 5.82 Å². The Labute approximate surface area is 189 Å². The summed E-state index contributed by atoms with van der Waals surface area (Å²) < 4.78 is 0. The highest BCUT2D eigenvalue weighted by Gasteiger charge is 2.25. The number of nitrogens with one attached hydrogen (secondary N) is 1. The van der Waals surface area contributed by atoms with Crippen LogP contribution in [0.3, 0.4) is 0 Å². The predicted molar refractivity (Wildman–Crippen MR) is 128 cm³/mol. The highest BCUT2D eigenvalue weighted by molar-refractivity contribution is 6.07. The Morgan fingerprint density at radius 2 is 1.94 bits per heavy atom. The van der Waals surface area contributed by atoms with Crippen LogP contribution in [-0.2, 0) is 19.4 Å². The third-order valence-corrected chi connectivity index (χ3v) is 6.84. The number of carbonyl (C=O) groups excluding carboxylic acids is 1. The zero-order chi connectivity index (χ0) is 22.1. The molecule has 6 heteroatoms. The number of pyridine rings is 2. The molecule has 166 valence electrons. The lowest BCUT2D eigenvalue weighted by Crippen LogP contribution is -2.45. The summed E-state index contributed by atoms with van der Waals surface area (Å²) in [5.41, 5.74) is 5.00. The highest BCUT2D eigenvalue weighted by atomic mass is 16.1. The number of benzene rings is 1. The van der Waals surface area contributed by atoms with Crippen LogP contribution in [0.2, 0.25) is 0 Å². The second-order valence-corrected chi connectivity index (χ2v) is 9.24. The van der Waals surface area contributed by atoms with E-state index in [1.807, 2.05) is 36.5 Å². The fourth-order valence-electron chi connectivity index (χ4n) is 4.96. The number of hydrogen-bond donors (Lipinski definition) is 1. The lowest BCUT2D eigenvalue weighted by atomic mass is 9.84. The number of fused-ring (bicyclic) bond motifs is 2. The number of likely N-dealkylation sites (N-methyl/N-ethyl adjacent to an activating group) is 1.